The summed E-state index contributed by atoms with van der Waals surface area (Å²) in [5.41, 5.74) is 11.3. The van der Waals surface area contributed by atoms with Gasteiger partial charge in [-0.3, -0.25) is 0 Å². The minimum Gasteiger partial charge on any atom is -0.452 e. The van der Waals surface area contributed by atoms with E-state index in [1.165, 1.54) is 13.7 Å². The Kier molecular flexibility index (Phi) is 10.6. The molecule has 0 bridgehead atoms. The van der Waals surface area contributed by atoms with Crippen LogP contribution in [-0.2, 0) is 21.7 Å². The number of aromatic nitrogens is 4. The summed E-state index contributed by atoms with van der Waals surface area (Å²) in [6, 6.07) is 43.1. The number of fused-ring (bicyclic) bond motifs is 22. The van der Waals surface area contributed by atoms with Crippen LogP contribution in [0, 0.1) is 0 Å². The molecule has 0 saturated carbocycles. The molecule has 16 aromatic carbocycles. The zero-order valence-electron chi connectivity index (χ0n) is 92.3. The van der Waals surface area contributed by atoms with Crippen LogP contribution in [0.25, 0.3) is 165 Å². The molecule has 2 aliphatic heterocycles. The van der Waals surface area contributed by atoms with E-state index < -0.39 is 163 Å². The van der Waals surface area contributed by atoms with Crippen molar-refractivity contribution in [2.24, 2.45) is 0 Å². The van der Waals surface area contributed by atoms with Gasteiger partial charge in [0, 0.05) is 93.1 Å². The molecule has 8 heterocycles. The van der Waals surface area contributed by atoms with Crippen LogP contribution >= 0.6 is 0 Å². The van der Waals surface area contributed by atoms with Gasteiger partial charge in [-0.05, 0) is 187 Å². The van der Waals surface area contributed by atoms with Crippen LogP contribution in [0.1, 0.15) is 138 Å². The standard InChI is InChI=1S/C112H89BN6O2/c1-109(2,3)68-50-55-94-84(61-68)85-62-69(110(4,5)6)51-56-95(85)117(94)97-46-26-36-81-83-38-28-48-99(108(83)121-106(81)97)119-101-63-72(114-88-39-19-13-29-74(88)75-30-14-20-40-89(75)114)52-54-87(101)113-86-53-49-66(67-57-70(111(7,8)9)60-71(58-67)112(10,11)12)59-100(86)118(102-64-73(65-103(119)104(102)113)115-90-41-21-15-31-76(90)77-32-16-22-42-91(77)115)98-47-27-37-82-80-35-25-45-96(105(80)120-107(82)98)116-92-43-23-17-33-78(92)79-34-18-24-44-93(79)116/h13-65H,1-12H3/i13D,14D,15D,16D,17D,18D,19D,20D,21D,22D,23D,24D,29D,30D,31D,32D,33D,34D,39D,40D,41D,42D,43D,44D. The van der Waals surface area contributed by atoms with Crippen molar-refractivity contribution >= 4 is 188 Å². The first-order chi connectivity index (χ1) is 68.5. The quantitative estimate of drug-likeness (QED) is 0.149. The van der Waals surface area contributed by atoms with Crippen molar-refractivity contribution in [1.82, 2.24) is 18.3 Å². The lowest BCUT2D eigenvalue weighted by atomic mass is 9.33. The predicted octanol–water partition coefficient (Wildman–Crippen LogP) is 28.8. The molecule has 0 atom stereocenters. The lowest BCUT2D eigenvalue weighted by Gasteiger charge is -2.44. The molecular weight excluding hydrogens is 1470 g/mol. The smallest absolute Gasteiger partial charge is 0.252 e. The molecule has 0 fully saturated rings. The second-order valence-corrected chi connectivity index (χ2v) is 36.3. The molecule has 24 rings (SSSR count). The SMILES string of the molecule is [2H]c1c([2H])c([2H])c2c(c1[2H])c1c([2H])c([2H])c([2H])c([2H])c1n2-c1ccc2c(c1)N(c1cccc3c1oc1c(-n4c5ccc(C(C)(C)C)cc5c5cc(C(C)(C)C)ccc54)cccc13)c1cc(-n3c4c([2H])c([2H])c([2H])c([2H])c4c4c([2H])c([2H])c([2H])c([2H])c43)cc3c1B2c1ccc(-c2cc(C(C)(C)C)cc(C(C)(C)C)c2)cc1N3c1cccc2c1oc1c(-n3c4c([2H])c([2H])c([2H])c([2H])c4c4c([2H])c([2H])c([2H])c([2H])c43)cccc12. The van der Waals surface area contributed by atoms with E-state index in [0.717, 1.165) is 55.2 Å². The van der Waals surface area contributed by atoms with Crippen LogP contribution in [0.5, 0.6) is 0 Å². The maximum absolute atomic E-state index is 10.3. The van der Waals surface area contributed by atoms with Crippen LogP contribution in [-0.4, -0.2) is 25.0 Å². The van der Waals surface area contributed by atoms with Crippen LogP contribution in [0.2, 0.25) is 0 Å². The van der Waals surface area contributed by atoms with Crippen molar-refractivity contribution in [3.63, 3.8) is 0 Å². The Bertz CT molecular complexity index is 9460. The van der Waals surface area contributed by atoms with Gasteiger partial charge < -0.3 is 36.9 Å². The third kappa shape index (κ3) is 10.4. The maximum Gasteiger partial charge on any atom is 0.252 e. The monoisotopic (exact) mass is 1580 g/mol. The fraction of sp³-hybridized carbons (Fsp3) is 0.143. The normalized spacial score (nSPS) is 16.2. The van der Waals surface area contributed by atoms with Crippen molar-refractivity contribution in [2.45, 2.75) is 105 Å². The summed E-state index contributed by atoms with van der Waals surface area (Å²) in [6.45, 7) is 25.1. The van der Waals surface area contributed by atoms with Crippen molar-refractivity contribution in [3.05, 3.63) is 343 Å². The zero-order chi connectivity index (χ0) is 103. The second-order valence-electron chi connectivity index (χ2n) is 36.3. The predicted molar refractivity (Wildman–Crippen MR) is 513 cm³/mol. The lowest BCUT2D eigenvalue weighted by Crippen LogP contribution is -2.61. The van der Waals surface area contributed by atoms with Gasteiger partial charge in [0.1, 0.15) is 0 Å². The maximum atomic E-state index is 10.3. The van der Waals surface area contributed by atoms with E-state index in [2.05, 4.69) is 160 Å². The summed E-state index contributed by atoms with van der Waals surface area (Å²) in [5, 5.41) is 3.16. The molecule has 0 aliphatic carbocycles. The Morgan fingerprint density at radius 3 is 0.967 bits per heavy atom. The number of benzene rings is 16. The van der Waals surface area contributed by atoms with Gasteiger partial charge in [-0.1, -0.05) is 289 Å². The van der Waals surface area contributed by atoms with Crippen molar-refractivity contribution in [2.75, 3.05) is 9.80 Å². The van der Waals surface area contributed by atoms with Crippen LogP contribution in [0.4, 0.5) is 34.1 Å². The Hall–Kier alpha value is -14.0. The van der Waals surface area contributed by atoms with Gasteiger partial charge in [0.15, 0.2) is 22.3 Å². The van der Waals surface area contributed by atoms with E-state index >= 15 is 0 Å². The van der Waals surface area contributed by atoms with Crippen molar-refractivity contribution < 1.29 is 41.7 Å². The first kappa shape index (κ1) is 50.7. The van der Waals surface area contributed by atoms with E-state index in [4.69, 9.17) is 11.6 Å². The topological polar surface area (TPSA) is 52.5 Å². The summed E-state index contributed by atoms with van der Waals surface area (Å²) in [7, 11) is 0. The average molecular weight is 1590 g/mol. The summed E-state index contributed by atoms with van der Waals surface area (Å²) >= 11 is 0. The van der Waals surface area contributed by atoms with Gasteiger partial charge in [0.05, 0.1) is 105 Å². The summed E-state index contributed by atoms with van der Waals surface area (Å²) < 4.78 is 252. The highest BCUT2D eigenvalue weighted by Crippen LogP contribution is 2.54. The molecule has 0 unspecified atom stereocenters. The number of furan rings is 2. The molecule has 2 aliphatic rings. The molecular formula is C112H89BN6O2. The van der Waals surface area contributed by atoms with Gasteiger partial charge in [-0.25, -0.2) is 0 Å². The Morgan fingerprint density at radius 2 is 0.570 bits per heavy atom. The lowest BCUT2D eigenvalue weighted by molar-refractivity contribution is 0.569. The largest absolute Gasteiger partial charge is 0.452 e. The Morgan fingerprint density at radius 1 is 0.240 bits per heavy atom. The van der Waals surface area contributed by atoms with Crippen LogP contribution < -0.4 is 26.2 Å². The minimum atomic E-state index is -0.975. The average Bonchev–Trinajstić information content (AvgIpc) is 1.65. The third-order valence-electron chi connectivity index (χ3n) is 25.1. The fourth-order valence-corrected chi connectivity index (χ4v) is 19.1. The minimum absolute atomic E-state index is 0.0630. The number of nitrogens with zero attached hydrogens (tertiary/aromatic N) is 6. The molecule has 0 amide bonds. The molecule has 0 N–H and O–H groups in total. The van der Waals surface area contributed by atoms with E-state index in [1.807, 2.05) is 94.7 Å². The fourth-order valence-electron chi connectivity index (χ4n) is 19.1. The zero-order valence-corrected chi connectivity index (χ0v) is 68.3. The van der Waals surface area contributed by atoms with Gasteiger partial charge in [0.25, 0.3) is 6.71 Å². The summed E-state index contributed by atoms with van der Waals surface area (Å²) in [4.78, 5) is 4.02. The Labute approximate surface area is 736 Å². The van der Waals surface area contributed by atoms with E-state index in [0.29, 0.717) is 88.9 Å². The van der Waals surface area contributed by atoms with Gasteiger partial charge in [0.2, 0.25) is 0 Å². The highest BCUT2D eigenvalue weighted by Gasteiger charge is 2.46. The van der Waals surface area contributed by atoms with Crippen molar-refractivity contribution in [3.8, 4) is 33.9 Å². The third-order valence-corrected chi connectivity index (χ3v) is 25.1. The Balaban J connectivity index is 0.888. The first-order valence-corrected chi connectivity index (χ1v) is 40.8. The number of para-hydroxylation sites is 10. The van der Waals surface area contributed by atoms with Gasteiger partial charge in [-0.2, -0.15) is 0 Å². The highest BCUT2D eigenvalue weighted by atomic mass is 16.3. The molecule has 9 heteroatoms. The van der Waals surface area contributed by atoms with Crippen molar-refractivity contribution in [1.29, 1.82) is 0 Å². The summed E-state index contributed by atoms with van der Waals surface area (Å²) in [6.07, 6.45) is 0. The second kappa shape index (κ2) is 25.3. The van der Waals surface area contributed by atoms with Gasteiger partial charge >= 0.3 is 0 Å². The molecule has 582 valence electrons. The van der Waals surface area contributed by atoms with E-state index in [9.17, 15) is 30.2 Å². The summed E-state index contributed by atoms with van der Waals surface area (Å²) in [5.74, 6) is 0. The molecule has 0 radical (unpaired) electrons. The first-order valence-electron chi connectivity index (χ1n) is 52.8. The molecule has 0 saturated heterocycles. The number of rotatable bonds is 7. The molecule has 121 heavy (non-hydrogen) atoms. The number of hydrogen-bond donors (Lipinski definition) is 0. The van der Waals surface area contributed by atoms with Crippen LogP contribution in [0.3, 0.4) is 0 Å². The van der Waals surface area contributed by atoms with Crippen LogP contribution in [0.15, 0.2) is 330 Å². The van der Waals surface area contributed by atoms with E-state index in [1.54, 1.807) is 18.2 Å². The molecule has 22 aromatic rings. The highest BCUT2D eigenvalue weighted by molar-refractivity contribution is 7.00. The molecule has 8 nitrogen and oxygen atoms in total. The van der Waals surface area contributed by atoms with Gasteiger partial charge in [-0.15, -0.1) is 0 Å². The van der Waals surface area contributed by atoms with E-state index in [-0.39, 0.29) is 104 Å². The molecule has 0 spiro atoms. The number of hydrogen-bond acceptors (Lipinski definition) is 4. The number of anilines is 6. The molecule has 6 aromatic heterocycles.